The number of nitrogens with one attached hydrogen (secondary N) is 1. The van der Waals surface area contributed by atoms with Gasteiger partial charge in [-0.2, -0.15) is 4.98 Å². The van der Waals surface area contributed by atoms with Crippen LogP contribution in [-0.4, -0.2) is 22.7 Å². The van der Waals surface area contributed by atoms with E-state index in [0.717, 1.165) is 29.0 Å². The highest BCUT2D eigenvalue weighted by atomic mass is 79.9. The Morgan fingerprint density at radius 2 is 2.05 bits per heavy atom. The first-order valence-electron chi connectivity index (χ1n) is 6.56. The summed E-state index contributed by atoms with van der Waals surface area (Å²) < 4.78 is 6.32. The van der Waals surface area contributed by atoms with Gasteiger partial charge in [0.05, 0.1) is 5.75 Å². The molecule has 0 radical (unpaired) electrons. The number of hydrogen-bond acceptors (Lipinski definition) is 5. The van der Waals surface area contributed by atoms with E-state index in [1.807, 2.05) is 12.1 Å². The summed E-state index contributed by atoms with van der Waals surface area (Å²) in [5.74, 6) is 2.17. The van der Waals surface area contributed by atoms with E-state index in [1.165, 1.54) is 4.90 Å². The molecule has 0 atom stereocenters. The van der Waals surface area contributed by atoms with Crippen molar-refractivity contribution < 1.29 is 4.52 Å². The molecule has 1 aromatic carbocycles. The Bertz CT molecular complexity index is 527. The molecule has 6 heteroatoms. The molecule has 0 saturated carbocycles. The van der Waals surface area contributed by atoms with Crippen molar-refractivity contribution in [3.05, 3.63) is 40.5 Å². The molecular formula is C14H18BrN3OS. The average molecular weight is 356 g/mol. The van der Waals surface area contributed by atoms with Crippen molar-refractivity contribution in [2.24, 2.45) is 0 Å². The molecule has 0 spiro atoms. The van der Waals surface area contributed by atoms with Gasteiger partial charge in [0.2, 0.25) is 5.89 Å². The molecule has 4 nitrogen and oxygen atoms in total. The lowest BCUT2D eigenvalue weighted by Crippen LogP contribution is -2.25. The highest BCUT2D eigenvalue weighted by Crippen LogP contribution is 2.23. The van der Waals surface area contributed by atoms with Crippen LogP contribution in [0.25, 0.3) is 0 Å². The summed E-state index contributed by atoms with van der Waals surface area (Å²) in [6.07, 6.45) is 0.772. The fourth-order valence-corrected chi connectivity index (χ4v) is 2.60. The predicted octanol–water partition coefficient (Wildman–Crippen LogP) is 3.66. The van der Waals surface area contributed by atoms with E-state index in [2.05, 4.69) is 57.4 Å². The summed E-state index contributed by atoms with van der Waals surface area (Å²) in [5, 5.41) is 7.33. The smallest absolute Gasteiger partial charge is 0.227 e. The zero-order valence-electron chi connectivity index (χ0n) is 11.6. The number of thioether (sulfide) groups is 1. The van der Waals surface area contributed by atoms with Gasteiger partial charge in [0.1, 0.15) is 0 Å². The Kier molecular flexibility index (Phi) is 6.06. The van der Waals surface area contributed by atoms with E-state index in [9.17, 15) is 0 Å². The van der Waals surface area contributed by atoms with Gasteiger partial charge in [-0.1, -0.05) is 34.9 Å². The maximum atomic E-state index is 5.23. The van der Waals surface area contributed by atoms with Gasteiger partial charge in [-0.3, -0.25) is 0 Å². The summed E-state index contributed by atoms with van der Waals surface area (Å²) in [6.45, 7) is 5.10. The van der Waals surface area contributed by atoms with E-state index in [1.54, 1.807) is 11.8 Å². The summed E-state index contributed by atoms with van der Waals surface area (Å²) >= 11 is 5.13. The molecule has 20 heavy (non-hydrogen) atoms. The normalized spacial score (nSPS) is 11.2. The molecule has 0 amide bonds. The second kappa shape index (κ2) is 7.81. The molecule has 0 fully saturated rings. The molecule has 0 aliphatic rings. The topological polar surface area (TPSA) is 51.0 Å². The van der Waals surface area contributed by atoms with Gasteiger partial charge < -0.3 is 9.84 Å². The fourth-order valence-electron chi connectivity index (χ4n) is 1.60. The fraction of sp³-hybridized carbons (Fsp3) is 0.429. The number of hydrogen-bond donors (Lipinski definition) is 1. The Morgan fingerprint density at radius 3 is 2.75 bits per heavy atom. The first-order chi connectivity index (χ1) is 9.63. The molecule has 108 valence electrons. The molecule has 1 aromatic heterocycles. The minimum absolute atomic E-state index is 0.477. The lowest BCUT2D eigenvalue weighted by molar-refractivity contribution is 0.370. The van der Waals surface area contributed by atoms with E-state index in [-0.39, 0.29) is 0 Å². The van der Waals surface area contributed by atoms with Crippen molar-refractivity contribution in [1.29, 1.82) is 0 Å². The molecule has 2 aromatic rings. The summed E-state index contributed by atoms with van der Waals surface area (Å²) in [7, 11) is 0. The zero-order chi connectivity index (χ0) is 14.4. The molecule has 0 aliphatic carbocycles. The minimum atomic E-state index is 0.477. The van der Waals surface area contributed by atoms with Crippen LogP contribution in [0.1, 0.15) is 25.6 Å². The van der Waals surface area contributed by atoms with Gasteiger partial charge in [0, 0.05) is 28.4 Å². The molecular weight excluding hydrogens is 338 g/mol. The lowest BCUT2D eigenvalue weighted by atomic mass is 10.3. The Hall–Kier alpha value is -0.850. The number of benzene rings is 1. The van der Waals surface area contributed by atoms with E-state index >= 15 is 0 Å². The highest BCUT2D eigenvalue weighted by molar-refractivity contribution is 9.10. The maximum absolute atomic E-state index is 5.23. The standard InChI is InChI=1S/C14H18BrN3OS/c1-10(2)16-8-7-14-17-13(18-19-14)9-20-12-5-3-11(15)4-6-12/h3-6,10,16H,7-9H2,1-2H3. The van der Waals surface area contributed by atoms with Crippen LogP contribution in [-0.2, 0) is 12.2 Å². The second-order valence-electron chi connectivity index (χ2n) is 4.71. The Morgan fingerprint density at radius 1 is 1.30 bits per heavy atom. The van der Waals surface area contributed by atoms with Crippen LogP contribution in [0, 0.1) is 0 Å². The summed E-state index contributed by atoms with van der Waals surface area (Å²) in [5.41, 5.74) is 0. The van der Waals surface area contributed by atoms with Gasteiger partial charge in [-0.15, -0.1) is 11.8 Å². The SMILES string of the molecule is CC(C)NCCc1nc(CSc2ccc(Br)cc2)no1. The van der Waals surface area contributed by atoms with Gasteiger partial charge in [0.25, 0.3) is 0 Å². The number of rotatable bonds is 7. The van der Waals surface area contributed by atoms with E-state index in [4.69, 9.17) is 4.52 Å². The van der Waals surface area contributed by atoms with Crippen molar-refractivity contribution in [3.8, 4) is 0 Å². The molecule has 1 heterocycles. The Labute approximate surface area is 131 Å². The van der Waals surface area contributed by atoms with Crippen LogP contribution in [0.5, 0.6) is 0 Å². The maximum Gasteiger partial charge on any atom is 0.227 e. The van der Waals surface area contributed by atoms with Crippen LogP contribution in [0.3, 0.4) is 0 Å². The third kappa shape index (κ3) is 5.26. The average Bonchev–Trinajstić information content (AvgIpc) is 2.86. The van der Waals surface area contributed by atoms with Crippen molar-refractivity contribution in [2.45, 2.75) is 37.0 Å². The van der Waals surface area contributed by atoms with Crippen molar-refractivity contribution in [1.82, 2.24) is 15.5 Å². The molecule has 2 rings (SSSR count). The Balaban J connectivity index is 1.79. The van der Waals surface area contributed by atoms with Crippen molar-refractivity contribution in [3.63, 3.8) is 0 Å². The quantitative estimate of drug-likeness (QED) is 0.768. The van der Waals surface area contributed by atoms with Crippen LogP contribution < -0.4 is 5.32 Å². The summed E-state index contributed by atoms with van der Waals surface area (Å²) in [6, 6.07) is 8.68. The molecule has 0 bridgehead atoms. The first kappa shape index (κ1) is 15.5. The number of nitrogens with zero attached hydrogens (tertiary/aromatic N) is 2. The van der Waals surface area contributed by atoms with Gasteiger partial charge in [-0.25, -0.2) is 0 Å². The van der Waals surface area contributed by atoms with Crippen LogP contribution in [0.2, 0.25) is 0 Å². The number of aromatic nitrogens is 2. The van der Waals surface area contributed by atoms with Crippen LogP contribution in [0.4, 0.5) is 0 Å². The first-order valence-corrected chi connectivity index (χ1v) is 8.34. The third-order valence-electron chi connectivity index (χ3n) is 2.58. The van der Waals surface area contributed by atoms with Crippen molar-refractivity contribution in [2.75, 3.05) is 6.54 Å². The van der Waals surface area contributed by atoms with E-state index < -0.39 is 0 Å². The van der Waals surface area contributed by atoms with Gasteiger partial charge in [0.15, 0.2) is 5.82 Å². The molecule has 0 saturated heterocycles. The largest absolute Gasteiger partial charge is 0.339 e. The molecule has 1 N–H and O–H groups in total. The molecule has 0 aliphatic heterocycles. The second-order valence-corrected chi connectivity index (χ2v) is 6.67. The predicted molar refractivity (Wildman–Crippen MR) is 84.8 cm³/mol. The highest BCUT2D eigenvalue weighted by Gasteiger charge is 2.07. The number of halogens is 1. The third-order valence-corrected chi connectivity index (χ3v) is 4.12. The van der Waals surface area contributed by atoms with Crippen LogP contribution in [0.15, 0.2) is 38.2 Å². The minimum Gasteiger partial charge on any atom is -0.339 e. The molecule has 0 unspecified atom stereocenters. The summed E-state index contributed by atoms with van der Waals surface area (Å²) in [4.78, 5) is 5.59. The zero-order valence-corrected chi connectivity index (χ0v) is 14.0. The van der Waals surface area contributed by atoms with Crippen molar-refractivity contribution >= 4 is 27.7 Å². The lowest BCUT2D eigenvalue weighted by Gasteiger charge is -2.04. The van der Waals surface area contributed by atoms with Gasteiger partial charge in [-0.05, 0) is 24.3 Å². The van der Waals surface area contributed by atoms with Gasteiger partial charge >= 0.3 is 0 Å². The van der Waals surface area contributed by atoms with Crippen LogP contribution >= 0.6 is 27.7 Å². The van der Waals surface area contributed by atoms with E-state index in [0.29, 0.717) is 11.9 Å². The monoisotopic (exact) mass is 355 g/mol.